The van der Waals surface area contributed by atoms with E-state index in [0.717, 1.165) is 55.9 Å². The lowest BCUT2D eigenvalue weighted by Gasteiger charge is -2.31. The zero-order valence-corrected chi connectivity index (χ0v) is 29.2. The fourth-order valence-electron chi connectivity index (χ4n) is 7.83. The number of fused-ring (bicyclic) bond motifs is 3. The molecule has 1 aliphatic carbocycles. The fraction of sp³-hybridized carbons (Fsp3) is 0.0588. The van der Waals surface area contributed by atoms with E-state index in [0.29, 0.717) is 5.56 Å². The smallest absolute Gasteiger partial charge is 0.0645 e. The number of rotatable bonds is 7. The third-order valence-electron chi connectivity index (χ3n) is 10.4. The van der Waals surface area contributed by atoms with Gasteiger partial charge in [0.05, 0.1) is 11.2 Å². The van der Waals surface area contributed by atoms with Crippen LogP contribution in [0, 0.1) is 0 Å². The highest BCUT2D eigenvalue weighted by atomic mass is 15.1. The van der Waals surface area contributed by atoms with Gasteiger partial charge in [0.1, 0.15) is 0 Å². The molecule has 0 atom stereocenters. The Kier molecular flexibility index (Phi) is 6.84. The highest BCUT2D eigenvalue weighted by molar-refractivity contribution is 6.01. The van der Waals surface area contributed by atoms with Crippen LogP contribution in [0.3, 0.4) is 0 Å². The summed E-state index contributed by atoms with van der Waals surface area (Å²) in [5, 5.41) is 0. The molecule has 0 unspecified atom stereocenters. The Hall–Kier alpha value is -6.44. The van der Waals surface area contributed by atoms with E-state index in [-0.39, 0.29) is 40.8 Å². The molecule has 8 aromatic rings. The number of hydrogen-bond donors (Lipinski definition) is 0. The molecule has 0 amide bonds. The normalized spacial score (nSPS) is 13.7. The molecule has 0 heterocycles. The summed E-state index contributed by atoms with van der Waals surface area (Å²) in [5.41, 5.74) is 13.1. The van der Waals surface area contributed by atoms with Crippen LogP contribution in [0.1, 0.15) is 30.5 Å². The Morgan fingerprint density at radius 1 is 0.385 bits per heavy atom. The van der Waals surface area contributed by atoms with E-state index < -0.39 is 0 Å². The molecule has 0 saturated heterocycles. The predicted molar refractivity (Wildman–Crippen MR) is 220 cm³/mol. The van der Waals surface area contributed by atoms with Gasteiger partial charge in [-0.25, -0.2) is 0 Å². The third kappa shape index (κ3) is 5.43. The van der Waals surface area contributed by atoms with Crippen molar-refractivity contribution in [1.82, 2.24) is 0 Å². The number of nitrogens with zero attached hydrogens (tertiary/aromatic N) is 1. The summed E-state index contributed by atoms with van der Waals surface area (Å²) in [6.07, 6.45) is 0. The van der Waals surface area contributed by atoms with Gasteiger partial charge in [-0.3, -0.25) is 0 Å². The van der Waals surface area contributed by atoms with Gasteiger partial charge in [-0.2, -0.15) is 0 Å². The first-order chi connectivity index (χ1) is 27.3. The largest absolute Gasteiger partial charge is 0.310 e. The van der Waals surface area contributed by atoms with E-state index in [4.69, 9.17) is 0 Å². The van der Waals surface area contributed by atoms with Crippen LogP contribution in [0.25, 0.3) is 55.6 Å². The van der Waals surface area contributed by atoms with Gasteiger partial charge < -0.3 is 4.90 Å². The van der Waals surface area contributed by atoms with Crippen molar-refractivity contribution in [1.29, 1.82) is 0 Å². The summed E-state index contributed by atoms with van der Waals surface area (Å²) in [5.74, 6) is 0. The molecule has 0 radical (unpaired) electrons. The Balaban J connectivity index is 1.39. The molecule has 8 aromatic carbocycles. The molecule has 0 N–H and O–H groups in total. The second-order valence-electron chi connectivity index (χ2n) is 13.8. The van der Waals surface area contributed by atoms with Gasteiger partial charge in [-0.05, 0) is 91.5 Å². The van der Waals surface area contributed by atoms with Gasteiger partial charge in [-0.15, -0.1) is 0 Å². The van der Waals surface area contributed by atoms with Crippen LogP contribution < -0.4 is 4.90 Å². The Morgan fingerprint density at radius 2 is 0.904 bits per heavy atom. The molecule has 0 spiro atoms. The monoisotopic (exact) mass is 669 g/mol. The van der Waals surface area contributed by atoms with Crippen LogP contribution in [0.5, 0.6) is 0 Å². The summed E-state index contributed by atoms with van der Waals surface area (Å²) >= 11 is 0. The summed E-state index contributed by atoms with van der Waals surface area (Å²) in [7, 11) is 0. The molecule has 1 aliphatic rings. The molecule has 0 saturated carbocycles. The van der Waals surface area contributed by atoms with Crippen molar-refractivity contribution in [2.75, 3.05) is 4.90 Å². The van der Waals surface area contributed by atoms with Gasteiger partial charge >= 0.3 is 0 Å². The van der Waals surface area contributed by atoms with Crippen molar-refractivity contribution >= 4 is 17.1 Å². The lowest BCUT2D eigenvalue weighted by atomic mass is 9.82. The molecule has 0 bridgehead atoms. The topological polar surface area (TPSA) is 3.24 Å². The minimum atomic E-state index is -0.311. The van der Waals surface area contributed by atoms with E-state index in [1.54, 1.807) is 0 Å². The van der Waals surface area contributed by atoms with E-state index in [1.807, 2.05) is 83.8 Å². The average molecular weight is 670 g/mol. The van der Waals surface area contributed by atoms with Crippen LogP contribution in [-0.4, -0.2) is 0 Å². The summed E-state index contributed by atoms with van der Waals surface area (Å²) in [6.45, 7) is 4.49. The molecule has 248 valence electrons. The predicted octanol–water partition coefficient (Wildman–Crippen LogP) is 14.1. The van der Waals surface area contributed by atoms with E-state index >= 15 is 0 Å². The van der Waals surface area contributed by atoms with Gasteiger partial charge in [0.25, 0.3) is 0 Å². The zero-order chi connectivity index (χ0) is 38.6. The molecule has 9 rings (SSSR count). The van der Waals surface area contributed by atoms with Crippen LogP contribution in [0.4, 0.5) is 17.1 Å². The molecule has 1 heteroatoms. The van der Waals surface area contributed by atoms with E-state index in [2.05, 4.69) is 111 Å². The van der Waals surface area contributed by atoms with Crippen molar-refractivity contribution < 1.29 is 5.48 Å². The second kappa shape index (κ2) is 13.0. The molecular weight excluding hydrogens is 627 g/mol. The fourth-order valence-corrected chi connectivity index (χ4v) is 7.83. The lowest BCUT2D eigenvalue weighted by molar-refractivity contribution is 0.660. The average Bonchev–Trinajstić information content (AvgIpc) is 3.47. The Labute approximate surface area is 312 Å². The molecular formula is C51H39N. The van der Waals surface area contributed by atoms with Crippen molar-refractivity contribution in [3.05, 3.63) is 211 Å². The number of anilines is 3. The van der Waals surface area contributed by atoms with Gasteiger partial charge in [-0.1, -0.05) is 184 Å². The van der Waals surface area contributed by atoms with Crippen molar-refractivity contribution in [2.24, 2.45) is 0 Å². The van der Waals surface area contributed by atoms with E-state index in [1.165, 1.54) is 11.1 Å². The number of hydrogen-bond acceptors (Lipinski definition) is 1. The summed E-state index contributed by atoms with van der Waals surface area (Å²) in [6, 6.07) is 59.1. The van der Waals surface area contributed by atoms with E-state index in [9.17, 15) is 5.48 Å². The van der Waals surface area contributed by atoms with Crippen LogP contribution >= 0.6 is 0 Å². The first-order valence-electron chi connectivity index (χ1n) is 19.8. The summed E-state index contributed by atoms with van der Waals surface area (Å²) in [4.78, 5) is 1.97. The summed E-state index contributed by atoms with van der Waals surface area (Å²) < 4.78 is 38.3. The minimum Gasteiger partial charge on any atom is -0.310 e. The Bertz CT molecular complexity index is 2730. The maximum absolute atomic E-state index is 9.73. The third-order valence-corrected chi connectivity index (χ3v) is 10.4. The maximum atomic E-state index is 9.73. The minimum absolute atomic E-state index is 0.0865. The first-order valence-corrected chi connectivity index (χ1v) is 17.8. The molecule has 0 aliphatic heterocycles. The Morgan fingerprint density at radius 3 is 1.58 bits per heavy atom. The van der Waals surface area contributed by atoms with Crippen LogP contribution in [0.2, 0.25) is 0 Å². The molecule has 0 aromatic heterocycles. The van der Waals surface area contributed by atoms with Crippen molar-refractivity contribution in [3.63, 3.8) is 0 Å². The quantitative estimate of drug-likeness (QED) is 0.163. The van der Waals surface area contributed by atoms with Crippen molar-refractivity contribution in [3.8, 4) is 55.6 Å². The van der Waals surface area contributed by atoms with Gasteiger partial charge in [0.2, 0.25) is 0 Å². The first kappa shape index (κ1) is 27.3. The number of benzene rings is 8. The van der Waals surface area contributed by atoms with Crippen LogP contribution in [-0.2, 0) is 5.41 Å². The van der Waals surface area contributed by atoms with Crippen molar-refractivity contribution in [2.45, 2.75) is 19.3 Å². The molecule has 0 fully saturated rings. The highest BCUT2D eigenvalue weighted by Crippen LogP contribution is 2.52. The van der Waals surface area contributed by atoms with Gasteiger partial charge in [0, 0.05) is 22.4 Å². The zero-order valence-electron chi connectivity index (χ0n) is 33.2. The van der Waals surface area contributed by atoms with Crippen LogP contribution in [0.15, 0.2) is 200 Å². The van der Waals surface area contributed by atoms with Gasteiger partial charge in [0.15, 0.2) is 0 Å². The SMILES string of the molecule is [2H]c1c([2H])c(N(c2ccc3c(c2)C(C)(C)c2ccccc2-3)c2cccc(-c3ccccc3)c2-c2ccccc2-c2ccccc2)c([2H])c([2H])c1-c1ccccc1. The maximum Gasteiger partial charge on any atom is 0.0645 e. The highest BCUT2D eigenvalue weighted by Gasteiger charge is 2.36. The molecule has 1 nitrogen and oxygen atoms in total. The lowest BCUT2D eigenvalue weighted by Crippen LogP contribution is -2.17. The second-order valence-corrected chi connectivity index (χ2v) is 13.8. The molecule has 52 heavy (non-hydrogen) atoms. The standard InChI is InChI=1S/C51H39N/c1-51(2)47-27-15-14-24-44(47)45-34-33-41(35-48(45)51)52(40-31-29-37(30-32-40)36-17-6-3-7-18-36)49-28-16-26-43(39-21-10-5-11-22-39)50(49)46-25-13-12-23-42(46)38-19-8-4-9-20-38/h3-35H,1-2H3/i29D,30D,31D,32D.